The van der Waals surface area contributed by atoms with Crippen molar-refractivity contribution in [1.82, 2.24) is 0 Å². The van der Waals surface area contributed by atoms with Crippen LogP contribution in [0.1, 0.15) is 43.7 Å². The fourth-order valence-corrected chi connectivity index (χ4v) is 2.67. The molecule has 1 saturated carbocycles. The van der Waals surface area contributed by atoms with Gasteiger partial charge in [0.15, 0.2) is 0 Å². The third kappa shape index (κ3) is 2.85. The predicted molar refractivity (Wildman–Crippen MR) is 65.9 cm³/mol. The second-order valence-electron chi connectivity index (χ2n) is 5.39. The lowest BCUT2D eigenvalue weighted by Crippen LogP contribution is -2.20. The SMILES string of the molecule is Cc1cc(F)cc(F)c1CCC(C)C1CCC1. The molecule has 0 aromatic heterocycles. The Morgan fingerprint density at radius 3 is 2.53 bits per heavy atom. The van der Waals surface area contributed by atoms with Crippen LogP contribution in [0.15, 0.2) is 12.1 Å². The summed E-state index contributed by atoms with van der Waals surface area (Å²) in [6.07, 6.45) is 5.74. The van der Waals surface area contributed by atoms with Crippen LogP contribution in [-0.2, 0) is 6.42 Å². The van der Waals surface area contributed by atoms with Crippen LogP contribution in [-0.4, -0.2) is 0 Å². The molecule has 0 aliphatic heterocycles. The van der Waals surface area contributed by atoms with Gasteiger partial charge in [0.05, 0.1) is 0 Å². The van der Waals surface area contributed by atoms with E-state index < -0.39 is 5.82 Å². The monoisotopic (exact) mass is 238 g/mol. The molecule has 2 rings (SSSR count). The molecular formula is C15H20F2. The maximum atomic E-state index is 13.6. The molecule has 1 fully saturated rings. The van der Waals surface area contributed by atoms with Crippen molar-refractivity contribution in [2.45, 2.75) is 46.0 Å². The first-order valence-corrected chi connectivity index (χ1v) is 6.52. The van der Waals surface area contributed by atoms with Crippen molar-refractivity contribution in [2.24, 2.45) is 11.8 Å². The zero-order chi connectivity index (χ0) is 12.4. The molecule has 0 heterocycles. The Morgan fingerprint density at radius 1 is 1.29 bits per heavy atom. The number of halogens is 2. The van der Waals surface area contributed by atoms with Gasteiger partial charge in [0.1, 0.15) is 11.6 Å². The van der Waals surface area contributed by atoms with E-state index in [0.717, 1.165) is 30.4 Å². The number of hydrogen-bond acceptors (Lipinski definition) is 0. The molecule has 17 heavy (non-hydrogen) atoms. The molecule has 0 amide bonds. The highest BCUT2D eigenvalue weighted by molar-refractivity contribution is 5.28. The molecule has 1 atom stereocenters. The Balaban J connectivity index is 1.98. The first kappa shape index (κ1) is 12.5. The van der Waals surface area contributed by atoms with Crippen molar-refractivity contribution in [3.63, 3.8) is 0 Å². The van der Waals surface area contributed by atoms with Crippen LogP contribution in [0.25, 0.3) is 0 Å². The van der Waals surface area contributed by atoms with Gasteiger partial charge in [-0.2, -0.15) is 0 Å². The highest BCUT2D eigenvalue weighted by Crippen LogP contribution is 2.35. The molecule has 2 heteroatoms. The fourth-order valence-electron chi connectivity index (χ4n) is 2.67. The smallest absolute Gasteiger partial charge is 0.129 e. The van der Waals surface area contributed by atoms with E-state index in [1.165, 1.54) is 25.3 Å². The second-order valence-corrected chi connectivity index (χ2v) is 5.39. The van der Waals surface area contributed by atoms with E-state index in [-0.39, 0.29) is 5.82 Å². The summed E-state index contributed by atoms with van der Waals surface area (Å²) in [7, 11) is 0. The average molecular weight is 238 g/mol. The summed E-state index contributed by atoms with van der Waals surface area (Å²) in [4.78, 5) is 0. The lowest BCUT2D eigenvalue weighted by Gasteiger charge is -2.31. The summed E-state index contributed by atoms with van der Waals surface area (Å²) >= 11 is 0. The lowest BCUT2D eigenvalue weighted by atomic mass is 9.74. The average Bonchev–Trinajstić information content (AvgIpc) is 2.12. The summed E-state index contributed by atoms with van der Waals surface area (Å²) in [5.41, 5.74) is 1.43. The maximum absolute atomic E-state index is 13.6. The standard InChI is InChI=1S/C15H20F2/c1-10(12-4-3-5-12)6-7-14-11(2)8-13(16)9-15(14)17/h8-10,12H,3-7H2,1-2H3. The van der Waals surface area contributed by atoms with Crippen LogP contribution in [0, 0.1) is 30.4 Å². The minimum Gasteiger partial charge on any atom is -0.207 e. The van der Waals surface area contributed by atoms with Gasteiger partial charge in [0.2, 0.25) is 0 Å². The van der Waals surface area contributed by atoms with Crippen molar-refractivity contribution < 1.29 is 8.78 Å². The van der Waals surface area contributed by atoms with Crippen LogP contribution in [0.5, 0.6) is 0 Å². The summed E-state index contributed by atoms with van der Waals surface area (Å²) in [5, 5.41) is 0. The quantitative estimate of drug-likeness (QED) is 0.716. The molecule has 1 aliphatic carbocycles. The van der Waals surface area contributed by atoms with Gasteiger partial charge >= 0.3 is 0 Å². The van der Waals surface area contributed by atoms with Gasteiger partial charge < -0.3 is 0 Å². The Kier molecular flexibility index (Phi) is 3.80. The van der Waals surface area contributed by atoms with Crippen LogP contribution < -0.4 is 0 Å². The number of aryl methyl sites for hydroxylation is 1. The van der Waals surface area contributed by atoms with E-state index in [1.54, 1.807) is 6.92 Å². The number of rotatable bonds is 4. The molecule has 0 radical (unpaired) electrons. The van der Waals surface area contributed by atoms with Gasteiger partial charge in [-0.25, -0.2) is 8.78 Å². The van der Waals surface area contributed by atoms with E-state index in [2.05, 4.69) is 6.92 Å². The van der Waals surface area contributed by atoms with Gasteiger partial charge in [-0.15, -0.1) is 0 Å². The van der Waals surface area contributed by atoms with Crippen LogP contribution >= 0.6 is 0 Å². The summed E-state index contributed by atoms with van der Waals surface area (Å²) in [6.45, 7) is 4.04. The van der Waals surface area contributed by atoms with Gasteiger partial charge in [0.25, 0.3) is 0 Å². The van der Waals surface area contributed by atoms with Crippen molar-refractivity contribution in [1.29, 1.82) is 0 Å². The van der Waals surface area contributed by atoms with E-state index >= 15 is 0 Å². The Bertz CT molecular complexity index is 371. The van der Waals surface area contributed by atoms with Gasteiger partial charge in [-0.05, 0) is 48.8 Å². The van der Waals surface area contributed by atoms with E-state index in [9.17, 15) is 8.78 Å². The molecule has 0 bridgehead atoms. The lowest BCUT2D eigenvalue weighted by molar-refractivity contribution is 0.210. The molecule has 0 spiro atoms. The molecule has 0 saturated heterocycles. The maximum Gasteiger partial charge on any atom is 0.129 e. The Labute approximate surface area is 102 Å². The first-order valence-electron chi connectivity index (χ1n) is 6.52. The Hall–Kier alpha value is -0.920. The molecular weight excluding hydrogens is 218 g/mol. The number of benzene rings is 1. The van der Waals surface area contributed by atoms with Crippen molar-refractivity contribution in [2.75, 3.05) is 0 Å². The van der Waals surface area contributed by atoms with Gasteiger partial charge in [-0.1, -0.05) is 26.2 Å². The molecule has 1 aromatic carbocycles. The third-order valence-electron chi connectivity index (χ3n) is 4.19. The van der Waals surface area contributed by atoms with Crippen molar-refractivity contribution >= 4 is 0 Å². The van der Waals surface area contributed by atoms with Gasteiger partial charge in [-0.3, -0.25) is 0 Å². The molecule has 1 unspecified atom stereocenters. The molecule has 1 aliphatic rings. The molecule has 0 N–H and O–H groups in total. The largest absolute Gasteiger partial charge is 0.207 e. The normalized spacial score (nSPS) is 17.9. The summed E-state index contributed by atoms with van der Waals surface area (Å²) < 4.78 is 26.6. The summed E-state index contributed by atoms with van der Waals surface area (Å²) in [6, 6.07) is 2.42. The van der Waals surface area contributed by atoms with Crippen LogP contribution in [0.4, 0.5) is 8.78 Å². The topological polar surface area (TPSA) is 0 Å². The number of hydrogen-bond donors (Lipinski definition) is 0. The van der Waals surface area contributed by atoms with Crippen molar-refractivity contribution in [3.05, 3.63) is 34.9 Å². The molecule has 1 aromatic rings. The van der Waals surface area contributed by atoms with Crippen LogP contribution in [0.2, 0.25) is 0 Å². The second kappa shape index (κ2) is 5.16. The van der Waals surface area contributed by atoms with E-state index in [1.807, 2.05) is 0 Å². The highest BCUT2D eigenvalue weighted by atomic mass is 19.1. The third-order valence-corrected chi connectivity index (χ3v) is 4.19. The fraction of sp³-hybridized carbons (Fsp3) is 0.600. The Morgan fingerprint density at radius 2 is 2.00 bits per heavy atom. The highest BCUT2D eigenvalue weighted by Gasteiger charge is 2.23. The molecule has 94 valence electrons. The van der Waals surface area contributed by atoms with Gasteiger partial charge in [0, 0.05) is 6.07 Å². The van der Waals surface area contributed by atoms with E-state index in [4.69, 9.17) is 0 Å². The minimum absolute atomic E-state index is 0.386. The predicted octanol–water partition coefficient (Wildman–Crippen LogP) is 4.64. The van der Waals surface area contributed by atoms with E-state index in [0.29, 0.717) is 11.5 Å². The van der Waals surface area contributed by atoms with Crippen LogP contribution in [0.3, 0.4) is 0 Å². The molecule has 0 nitrogen and oxygen atoms in total. The first-order chi connectivity index (χ1) is 8.08. The summed E-state index contributed by atoms with van der Waals surface area (Å²) in [5.74, 6) is 0.630. The van der Waals surface area contributed by atoms with Crippen molar-refractivity contribution in [3.8, 4) is 0 Å². The minimum atomic E-state index is -0.476. The zero-order valence-electron chi connectivity index (χ0n) is 10.6. The zero-order valence-corrected chi connectivity index (χ0v) is 10.6.